The highest BCUT2D eigenvalue weighted by atomic mass is 32.2. The minimum absolute atomic E-state index is 0.235. The van der Waals surface area contributed by atoms with E-state index in [2.05, 4.69) is 66.2 Å². The minimum Gasteiger partial charge on any atom is -0.394 e. The highest BCUT2D eigenvalue weighted by Crippen LogP contribution is 2.48. The minimum atomic E-state index is -0.837. The van der Waals surface area contributed by atoms with Crippen molar-refractivity contribution in [2.75, 3.05) is 38.2 Å². The van der Waals surface area contributed by atoms with Crippen LogP contribution in [0.4, 0.5) is 11.4 Å². The van der Waals surface area contributed by atoms with Gasteiger partial charge in [-0.2, -0.15) is 0 Å². The second-order valence-electron chi connectivity index (χ2n) is 9.37. The molecule has 2 aliphatic heterocycles. The topological polar surface area (TPSA) is 76.4 Å². The van der Waals surface area contributed by atoms with Crippen molar-refractivity contribution in [3.05, 3.63) is 48.0 Å². The smallest absolute Gasteiger partial charge is 0.107 e. The molecule has 5 atom stereocenters. The zero-order chi connectivity index (χ0) is 23.5. The molecule has 2 heterocycles. The Morgan fingerprint density at radius 1 is 1.00 bits per heavy atom. The third-order valence-corrected chi connectivity index (χ3v) is 8.00. The van der Waals surface area contributed by atoms with Crippen molar-refractivity contribution in [2.45, 2.75) is 60.9 Å². The third kappa shape index (κ3) is 5.39. The average Bonchev–Trinajstić information content (AvgIpc) is 2.82. The maximum Gasteiger partial charge on any atom is 0.107 e. The molecule has 2 aliphatic rings. The number of aliphatic hydroxyl groups is 3. The fourth-order valence-corrected chi connectivity index (χ4v) is 5.87. The molecule has 0 aliphatic carbocycles. The standard InChI is InChI=1S/C26H36N2O4S/c1-17-9-10-24-20(15-17)28(19-7-4-5-8-23(19)33-24)13-6-12-27(3)14-11-21-25(30)18(2)26(31)22(16-29)32-21/h4-5,7-10,15,18,21-22,25-26,29-31H,6,11-14,16H2,1-3H3/t18-,21-,22-,25-,26+/m1/s1. The second kappa shape index (κ2) is 10.8. The Hall–Kier alpha value is -1.61. The zero-order valence-corrected chi connectivity index (χ0v) is 20.5. The molecular formula is C26H36N2O4S. The molecule has 0 radical (unpaired) electrons. The van der Waals surface area contributed by atoms with Crippen molar-refractivity contribution in [1.82, 2.24) is 4.90 Å². The molecule has 6 nitrogen and oxygen atoms in total. The number of hydrogen-bond donors (Lipinski definition) is 3. The summed E-state index contributed by atoms with van der Waals surface area (Å²) < 4.78 is 5.78. The van der Waals surface area contributed by atoms with E-state index in [9.17, 15) is 15.3 Å². The van der Waals surface area contributed by atoms with Gasteiger partial charge in [0, 0.05) is 28.8 Å². The Labute approximate surface area is 201 Å². The quantitative estimate of drug-likeness (QED) is 0.543. The number of ether oxygens (including phenoxy) is 1. The van der Waals surface area contributed by atoms with Crippen LogP contribution in [0.5, 0.6) is 0 Å². The number of aryl methyl sites for hydroxylation is 1. The number of rotatable bonds is 8. The number of fused-ring (bicyclic) bond motifs is 2. The van der Waals surface area contributed by atoms with Crippen molar-refractivity contribution >= 4 is 23.1 Å². The predicted molar refractivity (Wildman–Crippen MR) is 132 cm³/mol. The fraction of sp³-hybridized carbons (Fsp3) is 0.538. The summed E-state index contributed by atoms with van der Waals surface area (Å²) in [5, 5.41) is 30.1. The van der Waals surface area contributed by atoms with Crippen LogP contribution in [0, 0.1) is 12.8 Å². The highest BCUT2D eigenvalue weighted by Gasteiger charge is 2.41. The van der Waals surface area contributed by atoms with E-state index < -0.39 is 18.3 Å². The Morgan fingerprint density at radius 3 is 2.52 bits per heavy atom. The van der Waals surface area contributed by atoms with Gasteiger partial charge >= 0.3 is 0 Å². The molecule has 0 spiro atoms. The summed E-state index contributed by atoms with van der Waals surface area (Å²) in [7, 11) is 2.09. The van der Waals surface area contributed by atoms with E-state index in [0.717, 1.165) is 26.1 Å². The lowest BCUT2D eigenvalue weighted by molar-refractivity contribution is -0.207. The number of aliphatic hydroxyl groups excluding tert-OH is 3. The van der Waals surface area contributed by atoms with E-state index in [-0.39, 0.29) is 18.6 Å². The van der Waals surface area contributed by atoms with Crippen LogP contribution in [-0.4, -0.2) is 77.9 Å². The Kier molecular flexibility index (Phi) is 7.99. The van der Waals surface area contributed by atoms with Gasteiger partial charge < -0.3 is 29.9 Å². The summed E-state index contributed by atoms with van der Waals surface area (Å²) in [5.74, 6) is -0.313. The number of hydrogen-bond acceptors (Lipinski definition) is 7. The van der Waals surface area contributed by atoms with Crippen molar-refractivity contribution in [3.63, 3.8) is 0 Å². The summed E-state index contributed by atoms with van der Waals surface area (Å²) in [4.78, 5) is 7.29. The predicted octanol–water partition coefficient (Wildman–Crippen LogP) is 3.43. The van der Waals surface area contributed by atoms with Gasteiger partial charge in [0.1, 0.15) is 6.10 Å². The first-order valence-corrected chi connectivity index (χ1v) is 12.7. The first-order chi connectivity index (χ1) is 15.9. The second-order valence-corrected chi connectivity index (χ2v) is 10.5. The molecule has 4 rings (SSSR count). The van der Waals surface area contributed by atoms with Crippen LogP contribution in [0.1, 0.15) is 25.3 Å². The monoisotopic (exact) mass is 472 g/mol. The van der Waals surface area contributed by atoms with Gasteiger partial charge in [-0.05, 0) is 63.2 Å². The van der Waals surface area contributed by atoms with Crippen LogP contribution in [0.2, 0.25) is 0 Å². The maximum atomic E-state index is 10.5. The molecule has 33 heavy (non-hydrogen) atoms. The van der Waals surface area contributed by atoms with Crippen molar-refractivity contribution in [2.24, 2.45) is 5.92 Å². The summed E-state index contributed by atoms with van der Waals surface area (Å²) in [6, 6.07) is 15.3. The van der Waals surface area contributed by atoms with E-state index in [1.165, 1.54) is 26.7 Å². The largest absolute Gasteiger partial charge is 0.394 e. The third-order valence-electron chi connectivity index (χ3n) is 6.87. The van der Waals surface area contributed by atoms with Crippen LogP contribution >= 0.6 is 11.8 Å². The molecule has 1 saturated heterocycles. The Morgan fingerprint density at radius 2 is 1.73 bits per heavy atom. The molecular weight excluding hydrogens is 436 g/mol. The SMILES string of the molecule is Cc1ccc2c(c1)N(CCCN(C)CC[C@H]1O[C@H](CO)[C@@H](O)[C@H](C)[C@H]1O)c1ccccc1S2. The lowest BCUT2D eigenvalue weighted by Gasteiger charge is -2.41. The molecule has 2 aromatic rings. The van der Waals surface area contributed by atoms with Gasteiger partial charge in [-0.25, -0.2) is 0 Å². The molecule has 0 aromatic heterocycles. The van der Waals surface area contributed by atoms with Crippen molar-refractivity contribution in [3.8, 4) is 0 Å². The summed E-state index contributed by atoms with van der Waals surface area (Å²) in [6.45, 7) is 6.35. The first-order valence-electron chi connectivity index (χ1n) is 11.8. The molecule has 180 valence electrons. The van der Waals surface area contributed by atoms with Crippen LogP contribution < -0.4 is 4.90 Å². The van der Waals surface area contributed by atoms with Gasteiger partial charge in [-0.1, -0.05) is 36.9 Å². The number of benzene rings is 2. The molecule has 2 aromatic carbocycles. The first kappa shape index (κ1) is 24.5. The Bertz CT molecular complexity index is 940. The van der Waals surface area contributed by atoms with Gasteiger partial charge in [0.25, 0.3) is 0 Å². The molecule has 3 N–H and O–H groups in total. The summed E-state index contributed by atoms with van der Waals surface area (Å²) >= 11 is 1.84. The van der Waals surface area contributed by atoms with E-state index in [0.29, 0.717) is 6.42 Å². The van der Waals surface area contributed by atoms with E-state index in [1.807, 2.05) is 18.7 Å². The van der Waals surface area contributed by atoms with Gasteiger partial charge in [-0.15, -0.1) is 0 Å². The average molecular weight is 473 g/mol. The molecule has 0 bridgehead atoms. The molecule has 0 amide bonds. The molecule has 1 fully saturated rings. The maximum absolute atomic E-state index is 10.5. The summed E-state index contributed by atoms with van der Waals surface area (Å²) in [6.07, 6.45) is -0.889. The van der Waals surface area contributed by atoms with E-state index >= 15 is 0 Å². The van der Waals surface area contributed by atoms with Crippen LogP contribution in [0.15, 0.2) is 52.3 Å². The highest BCUT2D eigenvalue weighted by molar-refractivity contribution is 7.99. The molecule has 0 saturated carbocycles. The van der Waals surface area contributed by atoms with Gasteiger partial charge in [0.15, 0.2) is 0 Å². The number of para-hydroxylation sites is 1. The fourth-order valence-electron chi connectivity index (χ4n) is 4.79. The van der Waals surface area contributed by atoms with Crippen LogP contribution in [0.3, 0.4) is 0 Å². The van der Waals surface area contributed by atoms with Gasteiger partial charge in [-0.3, -0.25) is 0 Å². The lowest BCUT2D eigenvalue weighted by atomic mass is 9.86. The lowest BCUT2D eigenvalue weighted by Crippen LogP contribution is -2.54. The molecule has 0 unspecified atom stereocenters. The zero-order valence-electron chi connectivity index (χ0n) is 19.7. The summed E-state index contributed by atoms with van der Waals surface area (Å²) in [5.41, 5.74) is 3.81. The van der Waals surface area contributed by atoms with Crippen molar-refractivity contribution < 1.29 is 20.1 Å². The number of nitrogens with zero attached hydrogens (tertiary/aromatic N) is 2. The normalized spacial score (nSPS) is 26.9. The van der Waals surface area contributed by atoms with Crippen molar-refractivity contribution in [1.29, 1.82) is 0 Å². The van der Waals surface area contributed by atoms with E-state index in [4.69, 9.17) is 4.74 Å². The Balaban J connectivity index is 1.33. The molecule has 7 heteroatoms. The number of anilines is 2. The van der Waals surface area contributed by atoms with Crippen LogP contribution in [-0.2, 0) is 4.74 Å². The van der Waals surface area contributed by atoms with Gasteiger partial charge in [0.2, 0.25) is 0 Å². The van der Waals surface area contributed by atoms with E-state index in [1.54, 1.807) is 0 Å². The van der Waals surface area contributed by atoms with Crippen LogP contribution in [0.25, 0.3) is 0 Å². The van der Waals surface area contributed by atoms with Gasteiger partial charge in [0.05, 0.1) is 36.3 Å².